The number of benzene rings is 1. The Balaban J connectivity index is 2.02. The molecule has 7 heteroatoms. The lowest BCUT2D eigenvalue weighted by Gasteiger charge is -2.07. The molecule has 0 saturated carbocycles. The van der Waals surface area contributed by atoms with Gasteiger partial charge in [-0.15, -0.1) is 0 Å². The van der Waals surface area contributed by atoms with Gasteiger partial charge < -0.3 is 5.32 Å². The number of nitrogens with zero attached hydrogens (tertiary/aromatic N) is 4. The summed E-state index contributed by atoms with van der Waals surface area (Å²) in [6.45, 7) is 0.623. The van der Waals surface area contributed by atoms with Gasteiger partial charge >= 0.3 is 0 Å². The normalized spacial score (nSPS) is 10.0. The molecule has 2 rings (SSSR count). The number of aromatic nitrogens is 2. The topological polar surface area (TPSA) is 96.8 Å². The Kier molecular flexibility index (Phi) is 3.96. The standard InChI is InChI=1S/C13H13N5O2/c1-17-9-10(8-16-17)4-5-15-13-3-2-12(18(19)20)6-11(13)7-14/h2-3,6,8-9,15H,4-5H2,1H3. The van der Waals surface area contributed by atoms with Crippen molar-refractivity contribution in [1.82, 2.24) is 9.78 Å². The molecule has 20 heavy (non-hydrogen) atoms. The van der Waals surface area contributed by atoms with Crippen LogP contribution in [-0.4, -0.2) is 21.2 Å². The molecule has 1 N–H and O–H groups in total. The van der Waals surface area contributed by atoms with Crippen molar-refractivity contribution in [3.05, 3.63) is 51.8 Å². The van der Waals surface area contributed by atoms with Crippen molar-refractivity contribution in [1.29, 1.82) is 5.26 Å². The summed E-state index contributed by atoms with van der Waals surface area (Å²) < 4.78 is 1.72. The Morgan fingerprint density at radius 3 is 2.95 bits per heavy atom. The van der Waals surface area contributed by atoms with Gasteiger partial charge in [0.1, 0.15) is 6.07 Å². The third-order valence-electron chi connectivity index (χ3n) is 2.82. The van der Waals surface area contributed by atoms with Crippen molar-refractivity contribution in [2.24, 2.45) is 7.05 Å². The maximum atomic E-state index is 10.6. The number of hydrogen-bond donors (Lipinski definition) is 1. The largest absolute Gasteiger partial charge is 0.384 e. The molecule has 1 aromatic carbocycles. The minimum Gasteiger partial charge on any atom is -0.384 e. The summed E-state index contributed by atoms with van der Waals surface area (Å²) in [7, 11) is 1.85. The first-order valence-electron chi connectivity index (χ1n) is 6.00. The average Bonchev–Trinajstić information content (AvgIpc) is 2.84. The van der Waals surface area contributed by atoms with E-state index in [9.17, 15) is 10.1 Å². The van der Waals surface area contributed by atoms with E-state index in [0.717, 1.165) is 12.0 Å². The molecule has 0 fully saturated rings. The van der Waals surface area contributed by atoms with Gasteiger partial charge in [0.05, 0.1) is 22.4 Å². The zero-order valence-electron chi connectivity index (χ0n) is 10.9. The Morgan fingerprint density at radius 1 is 1.55 bits per heavy atom. The molecule has 0 unspecified atom stereocenters. The first-order chi connectivity index (χ1) is 9.60. The van der Waals surface area contributed by atoms with E-state index in [1.807, 2.05) is 19.3 Å². The zero-order chi connectivity index (χ0) is 14.5. The molecule has 0 spiro atoms. The van der Waals surface area contributed by atoms with Crippen LogP contribution in [-0.2, 0) is 13.5 Å². The Morgan fingerprint density at radius 2 is 2.35 bits per heavy atom. The summed E-state index contributed by atoms with van der Waals surface area (Å²) in [6.07, 6.45) is 4.46. The van der Waals surface area contributed by atoms with E-state index in [1.165, 1.54) is 12.1 Å². The van der Waals surface area contributed by atoms with E-state index < -0.39 is 4.92 Å². The second-order valence-corrected chi connectivity index (χ2v) is 4.30. The Labute approximate surface area is 115 Å². The summed E-state index contributed by atoms with van der Waals surface area (Å²) in [4.78, 5) is 10.1. The molecule has 0 saturated heterocycles. The lowest BCUT2D eigenvalue weighted by molar-refractivity contribution is -0.384. The van der Waals surface area contributed by atoms with Gasteiger partial charge in [-0.2, -0.15) is 10.4 Å². The molecular weight excluding hydrogens is 258 g/mol. The molecule has 7 nitrogen and oxygen atoms in total. The van der Waals surface area contributed by atoms with Gasteiger partial charge in [0.2, 0.25) is 0 Å². The van der Waals surface area contributed by atoms with Gasteiger partial charge in [0.15, 0.2) is 0 Å². The number of nitro groups is 1. The fourth-order valence-electron chi connectivity index (χ4n) is 1.83. The summed E-state index contributed by atoms with van der Waals surface area (Å²) >= 11 is 0. The number of nitro benzene ring substituents is 1. The van der Waals surface area contributed by atoms with Crippen molar-refractivity contribution in [3.8, 4) is 6.07 Å². The van der Waals surface area contributed by atoms with Gasteiger partial charge in [-0.3, -0.25) is 14.8 Å². The van der Waals surface area contributed by atoms with Gasteiger partial charge in [0, 0.05) is 31.9 Å². The van der Waals surface area contributed by atoms with Crippen LogP contribution in [0.25, 0.3) is 0 Å². The zero-order valence-corrected chi connectivity index (χ0v) is 10.9. The molecule has 1 aromatic heterocycles. The van der Waals surface area contributed by atoms with Crippen LogP contribution in [0.5, 0.6) is 0 Å². The fraction of sp³-hybridized carbons (Fsp3) is 0.231. The number of aryl methyl sites for hydroxylation is 1. The van der Waals surface area contributed by atoms with Crippen LogP contribution in [0.2, 0.25) is 0 Å². The number of non-ortho nitro benzene ring substituents is 1. The van der Waals surface area contributed by atoms with E-state index in [1.54, 1.807) is 16.9 Å². The molecule has 0 bridgehead atoms. The van der Waals surface area contributed by atoms with Gasteiger partial charge in [-0.05, 0) is 18.1 Å². The van der Waals surface area contributed by atoms with Crippen LogP contribution in [0.1, 0.15) is 11.1 Å². The number of nitrogens with one attached hydrogen (secondary N) is 1. The van der Waals surface area contributed by atoms with Crippen molar-refractivity contribution in [3.63, 3.8) is 0 Å². The van der Waals surface area contributed by atoms with E-state index in [4.69, 9.17) is 5.26 Å². The fourth-order valence-corrected chi connectivity index (χ4v) is 1.83. The summed E-state index contributed by atoms with van der Waals surface area (Å²) in [5.74, 6) is 0. The monoisotopic (exact) mass is 271 g/mol. The highest BCUT2D eigenvalue weighted by molar-refractivity contribution is 5.61. The second-order valence-electron chi connectivity index (χ2n) is 4.30. The molecule has 0 atom stereocenters. The number of anilines is 1. The average molecular weight is 271 g/mol. The molecule has 0 amide bonds. The van der Waals surface area contributed by atoms with E-state index >= 15 is 0 Å². The smallest absolute Gasteiger partial charge is 0.270 e. The van der Waals surface area contributed by atoms with Crippen molar-refractivity contribution >= 4 is 11.4 Å². The van der Waals surface area contributed by atoms with E-state index in [2.05, 4.69) is 10.4 Å². The first-order valence-corrected chi connectivity index (χ1v) is 6.00. The van der Waals surface area contributed by atoms with Gasteiger partial charge in [-0.25, -0.2) is 0 Å². The minimum absolute atomic E-state index is 0.0839. The summed E-state index contributed by atoms with van der Waals surface area (Å²) in [6, 6.07) is 6.17. The third-order valence-corrected chi connectivity index (χ3v) is 2.82. The molecule has 0 aliphatic heterocycles. The number of nitriles is 1. The molecule has 1 heterocycles. The van der Waals surface area contributed by atoms with Gasteiger partial charge in [0.25, 0.3) is 5.69 Å². The highest BCUT2D eigenvalue weighted by Gasteiger charge is 2.10. The predicted molar refractivity (Wildman–Crippen MR) is 73.2 cm³/mol. The SMILES string of the molecule is Cn1cc(CCNc2ccc([N+](=O)[O-])cc2C#N)cn1. The molecule has 0 aliphatic rings. The maximum absolute atomic E-state index is 10.6. The van der Waals surface area contributed by atoms with Crippen LogP contribution in [0.3, 0.4) is 0 Å². The van der Waals surface area contributed by atoms with Crippen molar-refractivity contribution in [2.45, 2.75) is 6.42 Å². The second kappa shape index (κ2) is 5.84. The van der Waals surface area contributed by atoms with Crippen molar-refractivity contribution < 1.29 is 4.92 Å². The van der Waals surface area contributed by atoms with Gasteiger partial charge in [-0.1, -0.05) is 0 Å². The van der Waals surface area contributed by atoms with Crippen LogP contribution < -0.4 is 5.32 Å². The molecule has 0 radical (unpaired) electrons. The van der Waals surface area contributed by atoms with E-state index in [0.29, 0.717) is 12.2 Å². The highest BCUT2D eigenvalue weighted by atomic mass is 16.6. The van der Waals surface area contributed by atoms with E-state index in [-0.39, 0.29) is 11.3 Å². The molecule has 102 valence electrons. The van der Waals surface area contributed by atoms with Crippen molar-refractivity contribution in [2.75, 3.05) is 11.9 Å². The van der Waals surface area contributed by atoms with Crippen LogP contribution >= 0.6 is 0 Å². The highest BCUT2D eigenvalue weighted by Crippen LogP contribution is 2.21. The molecule has 0 aliphatic carbocycles. The van der Waals surface area contributed by atoms with Crippen LogP contribution in [0.4, 0.5) is 11.4 Å². The quantitative estimate of drug-likeness (QED) is 0.661. The predicted octanol–water partition coefficient (Wildman–Crippen LogP) is 1.85. The maximum Gasteiger partial charge on any atom is 0.270 e. The number of hydrogen-bond acceptors (Lipinski definition) is 5. The van der Waals surface area contributed by atoms with Crippen LogP contribution in [0, 0.1) is 21.4 Å². The van der Waals surface area contributed by atoms with Crippen LogP contribution in [0.15, 0.2) is 30.6 Å². The Bertz CT molecular complexity index is 672. The molecule has 2 aromatic rings. The molecular formula is C13H13N5O2. The summed E-state index contributed by atoms with van der Waals surface area (Å²) in [5.41, 5.74) is 1.87. The minimum atomic E-state index is -0.514. The lowest BCUT2D eigenvalue weighted by atomic mass is 10.1. The Hall–Kier alpha value is -2.88. The summed E-state index contributed by atoms with van der Waals surface area (Å²) in [5, 5.41) is 26.8. The number of rotatable bonds is 5. The first kappa shape index (κ1) is 13.5. The third kappa shape index (κ3) is 3.11. The lowest BCUT2D eigenvalue weighted by Crippen LogP contribution is -2.06.